The molecule has 1 aromatic rings. The number of hydrogen-bond acceptors (Lipinski definition) is 5. The van der Waals surface area contributed by atoms with Crippen LogP contribution in [-0.4, -0.2) is 73.5 Å². The highest BCUT2D eigenvalue weighted by atomic mass is 16.2. The van der Waals surface area contributed by atoms with Gasteiger partial charge < -0.3 is 20.9 Å². The standard InChI is InChI=1S/C18H25N5O3/c24-16-12-21-18(26)23(16)13-14-2-4-15(5-3-14)17(25)20-6-1-9-22-10-7-19-8-11-22/h2-5,19H,1,6-13H2,(H,20,25)(H,21,26). The maximum absolute atomic E-state index is 12.2. The summed E-state index contributed by atoms with van der Waals surface area (Å²) in [7, 11) is 0. The summed E-state index contributed by atoms with van der Waals surface area (Å²) in [5.74, 6) is -0.340. The molecule has 4 amide bonds. The highest BCUT2D eigenvalue weighted by Gasteiger charge is 2.28. The largest absolute Gasteiger partial charge is 0.352 e. The van der Waals surface area contributed by atoms with E-state index in [2.05, 4.69) is 20.9 Å². The second-order valence-electron chi connectivity index (χ2n) is 6.54. The number of carbonyl (C=O) groups is 3. The van der Waals surface area contributed by atoms with Crippen molar-refractivity contribution in [2.24, 2.45) is 0 Å². The van der Waals surface area contributed by atoms with Gasteiger partial charge in [-0.1, -0.05) is 12.1 Å². The van der Waals surface area contributed by atoms with Crippen molar-refractivity contribution >= 4 is 17.8 Å². The van der Waals surface area contributed by atoms with Crippen molar-refractivity contribution in [1.29, 1.82) is 0 Å². The van der Waals surface area contributed by atoms with E-state index in [0.717, 1.165) is 44.7 Å². The number of imide groups is 1. The molecule has 3 N–H and O–H groups in total. The Morgan fingerprint density at radius 2 is 1.85 bits per heavy atom. The molecule has 0 atom stereocenters. The predicted octanol–water partition coefficient (Wildman–Crippen LogP) is -0.236. The number of amides is 4. The van der Waals surface area contributed by atoms with E-state index in [4.69, 9.17) is 0 Å². The topological polar surface area (TPSA) is 93.8 Å². The van der Waals surface area contributed by atoms with Crippen molar-refractivity contribution < 1.29 is 14.4 Å². The van der Waals surface area contributed by atoms with Crippen LogP contribution in [0.3, 0.4) is 0 Å². The molecule has 0 aromatic heterocycles. The van der Waals surface area contributed by atoms with Crippen molar-refractivity contribution in [1.82, 2.24) is 25.8 Å². The number of piperazine rings is 1. The molecule has 0 saturated carbocycles. The van der Waals surface area contributed by atoms with Gasteiger partial charge in [-0.2, -0.15) is 0 Å². The lowest BCUT2D eigenvalue weighted by molar-refractivity contribution is -0.125. The fourth-order valence-corrected chi connectivity index (χ4v) is 3.10. The van der Waals surface area contributed by atoms with Crippen LogP contribution in [0.15, 0.2) is 24.3 Å². The summed E-state index contributed by atoms with van der Waals surface area (Å²) < 4.78 is 0. The first-order chi connectivity index (χ1) is 12.6. The molecule has 2 aliphatic rings. The van der Waals surface area contributed by atoms with Gasteiger partial charge in [0.15, 0.2) is 0 Å². The lowest BCUT2D eigenvalue weighted by atomic mass is 10.1. The molecule has 8 heteroatoms. The number of hydrogen-bond donors (Lipinski definition) is 3. The van der Waals surface area contributed by atoms with E-state index in [1.807, 2.05) is 0 Å². The second kappa shape index (κ2) is 8.77. The monoisotopic (exact) mass is 359 g/mol. The first-order valence-electron chi connectivity index (χ1n) is 9.02. The molecular formula is C18H25N5O3. The van der Waals surface area contributed by atoms with Gasteiger partial charge >= 0.3 is 6.03 Å². The summed E-state index contributed by atoms with van der Waals surface area (Å²) in [5, 5.41) is 8.74. The van der Waals surface area contributed by atoms with Crippen LogP contribution < -0.4 is 16.0 Å². The third-order valence-electron chi connectivity index (χ3n) is 4.64. The Balaban J connectivity index is 1.41. The molecule has 0 bridgehead atoms. The van der Waals surface area contributed by atoms with Crippen LogP contribution in [0, 0.1) is 0 Å². The molecule has 8 nitrogen and oxygen atoms in total. The molecule has 2 fully saturated rings. The Labute approximate surface area is 152 Å². The number of benzene rings is 1. The summed E-state index contributed by atoms with van der Waals surface area (Å²) >= 11 is 0. The molecule has 26 heavy (non-hydrogen) atoms. The van der Waals surface area contributed by atoms with E-state index < -0.39 is 0 Å². The fraction of sp³-hybridized carbons (Fsp3) is 0.500. The van der Waals surface area contributed by atoms with Gasteiger partial charge in [0.2, 0.25) is 5.91 Å². The van der Waals surface area contributed by atoms with Gasteiger partial charge in [-0.3, -0.25) is 14.5 Å². The zero-order valence-corrected chi connectivity index (χ0v) is 14.8. The van der Waals surface area contributed by atoms with E-state index in [1.165, 1.54) is 4.90 Å². The average molecular weight is 359 g/mol. The van der Waals surface area contributed by atoms with Crippen molar-refractivity contribution in [3.63, 3.8) is 0 Å². The van der Waals surface area contributed by atoms with Crippen LogP contribution in [0.4, 0.5) is 4.79 Å². The van der Waals surface area contributed by atoms with E-state index in [1.54, 1.807) is 24.3 Å². The molecule has 2 saturated heterocycles. The van der Waals surface area contributed by atoms with E-state index in [-0.39, 0.29) is 30.9 Å². The van der Waals surface area contributed by atoms with E-state index >= 15 is 0 Å². The smallest absolute Gasteiger partial charge is 0.324 e. The van der Waals surface area contributed by atoms with E-state index in [0.29, 0.717) is 12.1 Å². The molecule has 3 rings (SSSR count). The Kier molecular flexibility index (Phi) is 6.19. The van der Waals surface area contributed by atoms with Crippen LogP contribution in [0.25, 0.3) is 0 Å². The zero-order chi connectivity index (χ0) is 18.4. The SMILES string of the molecule is O=C(NCCCN1CCNCC1)c1ccc(CN2C(=O)CNC2=O)cc1. The molecule has 140 valence electrons. The first-order valence-corrected chi connectivity index (χ1v) is 9.02. The molecule has 2 aliphatic heterocycles. The van der Waals surface area contributed by atoms with Crippen LogP contribution in [-0.2, 0) is 11.3 Å². The minimum absolute atomic E-state index is 0.0489. The summed E-state index contributed by atoms with van der Waals surface area (Å²) in [5.41, 5.74) is 1.39. The third kappa shape index (κ3) is 4.80. The number of nitrogens with zero attached hydrogens (tertiary/aromatic N) is 2. The van der Waals surface area contributed by atoms with E-state index in [9.17, 15) is 14.4 Å². The zero-order valence-electron chi connectivity index (χ0n) is 14.8. The molecular weight excluding hydrogens is 334 g/mol. The quantitative estimate of drug-likeness (QED) is 0.462. The Hall–Kier alpha value is -2.45. The lowest BCUT2D eigenvalue weighted by Gasteiger charge is -2.27. The van der Waals surface area contributed by atoms with Crippen LogP contribution in [0.2, 0.25) is 0 Å². The molecule has 0 aliphatic carbocycles. The lowest BCUT2D eigenvalue weighted by Crippen LogP contribution is -2.44. The normalized spacial score (nSPS) is 18.1. The maximum Gasteiger partial charge on any atom is 0.324 e. The first kappa shape index (κ1) is 18.3. The summed E-state index contributed by atoms with van der Waals surface area (Å²) in [6, 6.07) is 6.61. The molecule has 2 heterocycles. The Morgan fingerprint density at radius 3 is 2.50 bits per heavy atom. The highest BCUT2D eigenvalue weighted by Crippen LogP contribution is 2.10. The molecule has 0 unspecified atom stereocenters. The van der Waals surface area contributed by atoms with Gasteiger partial charge in [-0.05, 0) is 30.7 Å². The number of urea groups is 1. The van der Waals surface area contributed by atoms with Gasteiger partial charge in [-0.25, -0.2) is 4.79 Å². The van der Waals surface area contributed by atoms with Crippen molar-refractivity contribution in [2.45, 2.75) is 13.0 Å². The van der Waals surface area contributed by atoms with Crippen molar-refractivity contribution in [3.05, 3.63) is 35.4 Å². The average Bonchev–Trinajstić information content (AvgIpc) is 2.98. The van der Waals surface area contributed by atoms with Gasteiger partial charge in [0.25, 0.3) is 5.91 Å². The highest BCUT2D eigenvalue weighted by molar-refractivity contribution is 6.01. The Bertz CT molecular complexity index is 639. The van der Waals surface area contributed by atoms with Gasteiger partial charge in [0, 0.05) is 38.3 Å². The summed E-state index contributed by atoms with van der Waals surface area (Å²) in [6.45, 7) is 6.09. The predicted molar refractivity (Wildman–Crippen MR) is 96.7 cm³/mol. The van der Waals surface area contributed by atoms with Gasteiger partial charge in [-0.15, -0.1) is 0 Å². The minimum atomic E-state index is -0.374. The third-order valence-corrected chi connectivity index (χ3v) is 4.64. The molecule has 0 radical (unpaired) electrons. The number of nitrogens with one attached hydrogen (secondary N) is 3. The van der Waals surface area contributed by atoms with Crippen LogP contribution >= 0.6 is 0 Å². The summed E-state index contributed by atoms with van der Waals surface area (Å²) in [4.78, 5) is 38.9. The maximum atomic E-state index is 12.2. The molecule has 1 aromatic carbocycles. The van der Waals surface area contributed by atoms with Crippen molar-refractivity contribution in [3.8, 4) is 0 Å². The summed E-state index contributed by atoms with van der Waals surface area (Å²) in [6.07, 6.45) is 0.927. The Morgan fingerprint density at radius 1 is 1.12 bits per heavy atom. The fourth-order valence-electron chi connectivity index (χ4n) is 3.10. The molecule has 0 spiro atoms. The number of rotatable bonds is 7. The second-order valence-corrected chi connectivity index (χ2v) is 6.54. The number of carbonyl (C=O) groups excluding carboxylic acids is 3. The van der Waals surface area contributed by atoms with Crippen molar-refractivity contribution in [2.75, 3.05) is 45.8 Å². The van der Waals surface area contributed by atoms with Crippen LogP contribution in [0.1, 0.15) is 22.3 Å². The minimum Gasteiger partial charge on any atom is -0.352 e. The van der Waals surface area contributed by atoms with Crippen LogP contribution in [0.5, 0.6) is 0 Å². The van der Waals surface area contributed by atoms with Gasteiger partial charge in [0.1, 0.15) is 0 Å². The van der Waals surface area contributed by atoms with Gasteiger partial charge in [0.05, 0.1) is 13.1 Å².